The highest BCUT2D eigenvalue weighted by Crippen LogP contribution is 2.24. The van der Waals surface area contributed by atoms with Crippen molar-refractivity contribution in [3.05, 3.63) is 29.0 Å². The first-order valence-electron chi connectivity index (χ1n) is 4.11. The van der Waals surface area contributed by atoms with E-state index < -0.39 is 18.2 Å². The van der Waals surface area contributed by atoms with Crippen LogP contribution in [0.1, 0.15) is 11.7 Å². The van der Waals surface area contributed by atoms with Crippen LogP contribution in [-0.4, -0.2) is 34.4 Å². The average molecular weight is 232 g/mol. The molecule has 82 valence electrons. The van der Waals surface area contributed by atoms with Gasteiger partial charge in [0.25, 0.3) is 0 Å². The first-order valence-corrected chi connectivity index (χ1v) is 4.49. The van der Waals surface area contributed by atoms with E-state index in [1.54, 1.807) is 0 Å². The molecular formula is C9H10ClNO4. The number of esters is 1. The van der Waals surface area contributed by atoms with Gasteiger partial charge in [-0.1, -0.05) is 11.6 Å². The fourth-order valence-corrected chi connectivity index (χ4v) is 1.28. The van der Waals surface area contributed by atoms with Gasteiger partial charge in [-0.25, -0.2) is 4.79 Å². The zero-order valence-corrected chi connectivity index (χ0v) is 8.68. The molecule has 2 atom stereocenters. The van der Waals surface area contributed by atoms with Crippen molar-refractivity contribution in [1.29, 1.82) is 0 Å². The summed E-state index contributed by atoms with van der Waals surface area (Å²) in [6.45, 7) is 0. The van der Waals surface area contributed by atoms with Crippen molar-refractivity contribution in [2.75, 3.05) is 7.11 Å². The third-order valence-electron chi connectivity index (χ3n) is 1.86. The number of carbonyl (C=O) groups is 1. The molecular weight excluding hydrogens is 222 g/mol. The number of hydrogen-bond donors (Lipinski definition) is 2. The molecule has 0 aliphatic rings. The fraction of sp³-hybridized carbons (Fsp3) is 0.333. The summed E-state index contributed by atoms with van der Waals surface area (Å²) in [6, 6.07) is 1.42. The number of ether oxygens (including phenoxy) is 1. The Labute approximate surface area is 91.3 Å². The third kappa shape index (κ3) is 2.65. The number of pyridine rings is 1. The minimum Gasteiger partial charge on any atom is -0.467 e. The zero-order chi connectivity index (χ0) is 11.4. The summed E-state index contributed by atoms with van der Waals surface area (Å²) in [5, 5.41) is 19.1. The van der Waals surface area contributed by atoms with Gasteiger partial charge in [0.15, 0.2) is 6.10 Å². The Bertz CT molecular complexity index is 358. The van der Waals surface area contributed by atoms with Crippen molar-refractivity contribution < 1.29 is 19.7 Å². The highest BCUT2D eigenvalue weighted by molar-refractivity contribution is 6.31. The third-order valence-corrected chi connectivity index (χ3v) is 2.18. The Morgan fingerprint density at radius 2 is 2.27 bits per heavy atom. The molecule has 1 rings (SSSR count). The molecule has 0 aromatic carbocycles. The van der Waals surface area contributed by atoms with E-state index in [0.717, 1.165) is 7.11 Å². The Morgan fingerprint density at radius 1 is 1.60 bits per heavy atom. The maximum absolute atomic E-state index is 10.9. The van der Waals surface area contributed by atoms with E-state index in [1.807, 2.05) is 0 Å². The SMILES string of the molecule is COC(=O)C(O)C(O)c1ccncc1Cl. The molecule has 0 aliphatic heterocycles. The summed E-state index contributed by atoms with van der Waals surface area (Å²) < 4.78 is 4.29. The van der Waals surface area contributed by atoms with Crippen molar-refractivity contribution in [3.63, 3.8) is 0 Å². The van der Waals surface area contributed by atoms with Crippen LogP contribution in [-0.2, 0) is 9.53 Å². The molecule has 2 N–H and O–H groups in total. The van der Waals surface area contributed by atoms with E-state index in [9.17, 15) is 15.0 Å². The van der Waals surface area contributed by atoms with E-state index in [4.69, 9.17) is 11.6 Å². The second-order valence-electron chi connectivity index (χ2n) is 2.81. The summed E-state index contributed by atoms with van der Waals surface area (Å²) in [5.74, 6) is -0.921. The lowest BCUT2D eigenvalue weighted by Crippen LogP contribution is -2.29. The lowest BCUT2D eigenvalue weighted by Gasteiger charge is -2.16. The number of halogens is 1. The maximum Gasteiger partial charge on any atom is 0.337 e. The standard InChI is InChI=1S/C9H10ClNO4/c1-15-9(14)8(13)7(12)5-2-3-11-4-6(5)10/h2-4,7-8,12-13H,1H3. The highest BCUT2D eigenvalue weighted by Gasteiger charge is 2.27. The first-order chi connectivity index (χ1) is 7.07. The van der Waals surface area contributed by atoms with E-state index in [0.29, 0.717) is 0 Å². The van der Waals surface area contributed by atoms with Gasteiger partial charge in [-0.15, -0.1) is 0 Å². The molecule has 0 amide bonds. The Hall–Kier alpha value is -1.17. The molecule has 15 heavy (non-hydrogen) atoms. The van der Waals surface area contributed by atoms with E-state index in [-0.39, 0.29) is 10.6 Å². The van der Waals surface area contributed by atoms with Gasteiger partial charge in [0.1, 0.15) is 6.10 Å². The predicted molar refractivity (Wildman–Crippen MR) is 52.2 cm³/mol. The molecule has 0 aliphatic carbocycles. The Kier molecular flexibility index (Phi) is 4.02. The number of hydrogen-bond acceptors (Lipinski definition) is 5. The molecule has 0 radical (unpaired) electrons. The number of methoxy groups -OCH3 is 1. The summed E-state index contributed by atoms with van der Waals surface area (Å²) in [5.41, 5.74) is 0.226. The van der Waals surface area contributed by atoms with Crippen LogP contribution in [0.15, 0.2) is 18.5 Å². The van der Waals surface area contributed by atoms with Crippen LogP contribution in [0.25, 0.3) is 0 Å². The van der Waals surface area contributed by atoms with Crippen LogP contribution in [0.2, 0.25) is 5.02 Å². The first kappa shape index (κ1) is 11.9. The average Bonchev–Trinajstić information content (AvgIpc) is 2.26. The molecule has 1 aromatic heterocycles. The van der Waals surface area contributed by atoms with Crippen LogP contribution in [0.5, 0.6) is 0 Å². The highest BCUT2D eigenvalue weighted by atomic mass is 35.5. The monoisotopic (exact) mass is 231 g/mol. The summed E-state index contributed by atoms with van der Waals surface area (Å²) in [7, 11) is 1.12. The normalized spacial score (nSPS) is 14.4. The smallest absolute Gasteiger partial charge is 0.337 e. The van der Waals surface area contributed by atoms with Crippen molar-refractivity contribution in [2.45, 2.75) is 12.2 Å². The largest absolute Gasteiger partial charge is 0.467 e. The lowest BCUT2D eigenvalue weighted by atomic mass is 10.1. The number of rotatable bonds is 3. The molecule has 0 saturated heterocycles. The van der Waals surface area contributed by atoms with E-state index in [2.05, 4.69) is 9.72 Å². The van der Waals surface area contributed by atoms with Gasteiger partial charge >= 0.3 is 5.97 Å². The van der Waals surface area contributed by atoms with E-state index >= 15 is 0 Å². The minimum absolute atomic E-state index is 0.174. The molecule has 6 heteroatoms. The van der Waals surface area contributed by atoms with Crippen LogP contribution >= 0.6 is 11.6 Å². The number of aromatic nitrogens is 1. The van der Waals surface area contributed by atoms with Gasteiger partial charge in [0.05, 0.1) is 12.1 Å². The molecule has 5 nitrogen and oxygen atoms in total. The number of aliphatic hydroxyl groups excluding tert-OH is 2. The van der Waals surface area contributed by atoms with Gasteiger partial charge in [-0.3, -0.25) is 4.98 Å². The van der Waals surface area contributed by atoms with Gasteiger partial charge < -0.3 is 14.9 Å². The van der Waals surface area contributed by atoms with Crippen LogP contribution in [0.3, 0.4) is 0 Å². The quantitative estimate of drug-likeness (QED) is 0.732. The predicted octanol–water partition coefficient (Wildman–Crippen LogP) is 0.302. The molecule has 1 aromatic rings. The van der Waals surface area contributed by atoms with Gasteiger partial charge in [0.2, 0.25) is 0 Å². The summed E-state index contributed by atoms with van der Waals surface area (Å²) in [4.78, 5) is 14.7. The van der Waals surface area contributed by atoms with Crippen LogP contribution in [0, 0.1) is 0 Å². The number of aliphatic hydroxyl groups is 2. The minimum atomic E-state index is -1.66. The molecule has 0 spiro atoms. The van der Waals surface area contributed by atoms with Crippen LogP contribution < -0.4 is 0 Å². The van der Waals surface area contributed by atoms with E-state index in [1.165, 1.54) is 18.5 Å². The summed E-state index contributed by atoms with van der Waals surface area (Å²) >= 11 is 5.73. The van der Waals surface area contributed by atoms with Gasteiger partial charge in [0, 0.05) is 18.0 Å². The number of nitrogens with zero attached hydrogens (tertiary/aromatic N) is 1. The molecule has 0 fully saturated rings. The van der Waals surface area contributed by atoms with Gasteiger partial charge in [-0.2, -0.15) is 0 Å². The van der Waals surface area contributed by atoms with Crippen molar-refractivity contribution in [1.82, 2.24) is 4.98 Å². The second kappa shape index (κ2) is 5.06. The second-order valence-corrected chi connectivity index (χ2v) is 3.22. The Balaban J connectivity index is 2.89. The Morgan fingerprint density at radius 3 is 2.80 bits per heavy atom. The molecule has 1 heterocycles. The summed E-state index contributed by atoms with van der Waals surface area (Å²) in [6.07, 6.45) is -0.374. The lowest BCUT2D eigenvalue weighted by molar-refractivity contribution is -0.156. The van der Waals surface area contributed by atoms with Gasteiger partial charge in [-0.05, 0) is 6.07 Å². The van der Waals surface area contributed by atoms with Crippen LogP contribution in [0.4, 0.5) is 0 Å². The zero-order valence-electron chi connectivity index (χ0n) is 7.92. The molecule has 0 saturated carbocycles. The maximum atomic E-state index is 10.9. The molecule has 0 bridgehead atoms. The fourth-order valence-electron chi connectivity index (χ4n) is 1.05. The molecule has 2 unspecified atom stereocenters. The van der Waals surface area contributed by atoms with Crippen molar-refractivity contribution in [2.24, 2.45) is 0 Å². The van der Waals surface area contributed by atoms with Crippen molar-refractivity contribution in [3.8, 4) is 0 Å². The number of carbonyl (C=O) groups excluding carboxylic acids is 1. The topological polar surface area (TPSA) is 79.7 Å². The van der Waals surface area contributed by atoms with Crippen molar-refractivity contribution >= 4 is 17.6 Å².